The van der Waals surface area contributed by atoms with Crippen LogP contribution in [0.5, 0.6) is 0 Å². The van der Waals surface area contributed by atoms with Crippen LogP contribution in [0.1, 0.15) is 20.8 Å². The molecule has 0 amide bonds. The van der Waals surface area contributed by atoms with Crippen LogP contribution >= 0.6 is 12.6 Å². The lowest BCUT2D eigenvalue weighted by molar-refractivity contribution is -0.136. The second-order valence-corrected chi connectivity index (χ2v) is 4.99. The predicted octanol–water partition coefficient (Wildman–Crippen LogP) is -0.460. The van der Waals surface area contributed by atoms with Crippen molar-refractivity contribution in [3.8, 4) is 0 Å². The molecule has 78 valence electrons. The molecule has 0 aliphatic rings. The molecule has 2 atom stereocenters. The van der Waals surface area contributed by atoms with E-state index < -0.39 is 22.2 Å². The Balaban J connectivity index is 4.62. The number of hydrogen-bond acceptors (Lipinski definition) is 5. The van der Waals surface area contributed by atoms with E-state index in [2.05, 4.69) is 12.6 Å². The highest BCUT2D eigenvalue weighted by Gasteiger charge is 2.39. The van der Waals surface area contributed by atoms with E-state index in [-0.39, 0.29) is 6.61 Å². The van der Waals surface area contributed by atoms with Crippen molar-refractivity contribution in [2.45, 2.75) is 31.7 Å². The first-order chi connectivity index (χ1) is 5.63. The number of thiol groups is 1. The molecular weight excluding hydrogens is 190 g/mol. The summed E-state index contributed by atoms with van der Waals surface area (Å²) in [5.41, 5.74) is 4.52. The number of ketones is 1. The first-order valence-corrected chi connectivity index (χ1v) is 4.42. The molecule has 0 spiro atoms. The number of hydrogen-bond donors (Lipinski definition) is 4. The third-order valence-electron chi connectivity index (χ3n) is 1.89. The first-order valence-electron chi connectivity index (χ1n) is 3.97. The SMILES string of the molecule is CC(N)(S)C(=O)[C@H](O)C(C)(C)CO. The molecule has 0 rings (SSSR count). The summed E-state index contributed by atoms with van der Waals surface area (Å²) in [7, 11) is 0. The normalized spacial score (nSPS) is 19.3. The van der Waals surface area contributed by atoms with Gasteiger partial charge in [0.05, 0.1) is 6.61 Å². The van der Waals surface area contributed by atoms with Crippen LogP contribution in [0.3, 0.4) is 0 Å². The van der Waals surface area contributed by atoms with Gasteiger partial charge in [-0.25, -0.2) is 0 Å². The summed E-state index contributed by atoms with van der Waals surface area (Å²) < 4.78 is 0. The second kappa shape index (κ2) is 3.96. The standard InChI is InChI=1S/C8H17NO3S/c1-7(2,4-10)5(11)6(12)8(3,9)13/h5,10-11,13H,4,9H2,1-3H3/t5-,8?/m0/s1. The minimum absolute atomic E-state index is 0.288. The zero-order chi connectivity index (χ0) is 10.9. The van der Waals surface area contributed by atoms with Crippen molar-refractivity contribution in [3.05, 3.63) is 0 Å². The largest absolute Gasteiger partial charge is 0.396 e. The number of carbonyl (C=O) groups excluding carboxylic acids is 1. The van der Waals surface area contributed by atoms with Crippen molar-refractivity contribution in [1.82, 2.24) is 0 Å². The van der Waals surface area contributed by atoms with Gasteiger partial charge in [-0.1, -0.05) is 13.8 Å². The molecule has 0 aromatic carbocycles. The summed E-state index contributed by atoms with van der Waals surface area (Å²) in [5, 5.41) is 18.4. The molecule has 4 N–H and O–H groups in total. The van der Waals surface area contributed by atoms with Crippen LogP contribution in [0.4, 0.5) is 0 Å². The molecule has 0 aromatic heterocycles. The zero-order valence-electron chi connectivity index (χ0n) is 8.11. The topological polar surface area (TPSA) is 83.6 Å². The van der Waals surface area contributed by atoms with E-state index in [0.717, 1.165) is 0 Å². The van der Waals surface area contributed by atoms with Gasteiger partial charge in [0.25, 0.3) is 0 Å². The van der Waals surface area contributed by atoms with E-state index in [1.54, 1.807) is 13.8 Å². The van der Waals surface area contributed by atoms with Crippen molar-refractivity contribution in [3.63, 3.8) is 0 Å². The van der Waals surface area contributed by atoms with E-state index in [1.165, 1.54) is 6.92 Å². The Hall–Kier alpha value is -0.100. The Morgan fingerprint density at radius 2 is 1.92 bits per heavy atom. The van der Waals surface area contributed by atoms with Gasteiger partial charge in [-0.15, -0.1) is 12.6 Å². The van der Waals surface area contributed by atoms with Crippen LogP contribution in [0.2, 0.25) is 0 Å². The quantitative estimate of drug-likeness (QED) is 0.371. The lowest BCUT2D eigenvalue weighted by atomic mass is 9.83. The second-order valence-electron chi connectivity index (χ2n) is 4.06. The molecule has 4 nitrogen and oxygen atoms in total. The molecule has 0 bridgehead atoms. The molecule has 0 saturated carbocycles. The molecular formula is C8H17NO3S. The molecule has 0 fully saturated rings. The van der Waals surface area contributed by atoms with Crippen molar-refractivity contribution in [2.24, 2.45) is 11.1 Å². The number of Topliss-reactive ketones (excluding diaryl/α,β-unsaturated/α-hetero) is 1. The van der Waals surface area contributed by atoms with Crippen molar-refractivity contribution >= 4 is 18.4 Å². The van der Waals surface area contributed by atoms with Gasteiger partial charge in [0.1, 0.15) is 11.0 Å². The lowest BCUT2D eigenvalue weighted by Gasteiger charge is -2.30. The van der Waals surface area contributed by atoms with Gasteiger partial charge in [0.15, 0.2) is 5.78 Å². The fraction of sp³-hybridized carbons (Fsp3) is 0.875. The molecule has 0 aliphatic heterocycles. The van der Waals surface area contributed by atoms with Gasteiger partial charge in [-0.2, -0.15) is 0 Å². The Bertz CT molecular complexity index is 198. The number of aliphatic hydroxyl groups excluding tert-OH is 2. The fourth-order valence-corrected chi connectivity index (χ4v) is 0.840. The van der Waals surface area contributed by atoms with E-state index in [0.29, 0.717) is 0 Å². The third kappa shape index (κ3) is 3.27. The number of carbonyl (C=O) groups is 1. The van der Waals surface area contributed by atoms with E-state index in [1.807, 2.05) is 0 Å². The summed E-state index contributed by atoms with van der Waals surface area (Å²) in [6, 6.07) is 0. The summed E-state index contributed by atoms with van der Waals surface area (Å²) in [4.78, 5) is 10.0. The minimum Gasteiger partial charge on any atom is -0.396 e. The third-order valence-corrected chi connectivity index (χ3v) is 2.12. The maximum atomic E-state index is 11.4. The van der Waals surface area contributed by atoms with Crippen LogP contribution in [-0.2, 0) is 4.79 Å². The molecule has 0 radical (unpaired) electrons. The summed E-state index contributed by atoms with van der Waals surface area (Å²) in [6.45, 7) is 4.27. The summed E-state index contributed by atoms with van der Waals surface area (Å²) >= 11 is 3.85. The van der Waals surface area contributed by atoms with Gasteiger partial charge in [-0.3, -0.25) is 4.79 Å². The highest BCUT2D eigenvalue weighted by Crippen LogP contribution is 2.24. The number of rotatable bonds is 4. The number of nitrogens with two attached hydrogens (primary N) is 1. The van der Waals surface area contributed by atoms with Gasteiger partial charge in [0.2, 0.25) is 0 Å². The fourth-order valence-electron chi connectivity index (χ4n) is 0.718. The summed E-state index contributed by atoms with van der Waals surface area (Å²) in [6.07, 6.45) is -1.30. The van der Waals surface area contributed by atoms with Gasteiger partial charge in [-0.05, 0) is 6.92 Å². The van der Waals surface area contributed by atoms with Crippen LogP contribution < -0.4 is 5.73 Å². The van der Waals surface area contributed by atoms with Crippen molar-refractivity contribution in [1.29, 1.82) is 0 Å². The van der Waals surface area contributed by atoms with E-state index in [4.69, 9.17) is 10.8 Å². The average molecular weight is 207 g/mol. The van der Waals surface area contributed by atoms with E-state index >= 15 is 0 Å². The van der Waals surface area contributed by atoms with Crippen LogP contribution in [0, 0.1) is 5.41 Å². The molecule has 0 saturated heterocycles. The molecule has 0 heterocycles. The lowest BCUT2D eigenvalue weighted by Crippen LogP contribution is -2.51. The predicted molar refractivity (Wildman–Crippen MR) is 53.5 cm³/mol. The van der Waals surface area contributed by atoms with Crippen molar-refractivity contribution in [2.75, 3.05) is 6.61 Å². The van der Waals surface area contributed by atoms with Crippen LogP contribution in [-0.4, -0.2) is 33.6 Å². The van der Waals surface area contributed by atoms with Gasteiger partial charge < -0.3 is 15.9 Å². The number of aliphatic hydroxyl groups is 2. The van der Waals surface area contributed by atoms with E-state index in [9.17, 15) is 9.90 Å². The summed E-state index contributed by atoms with van der Waals surface area (Å²) in [5.74, 6) is -0.588. The Morgan fingerprint density at radius 3 is 2.15 bits per heavy atom. The molecule has 5 heteroatoms. The minimum atomic E-state index is -1.37. The Labute approximate surface area is 83.5 Å². The molecule has 0 aromatic rings. The monoisotopic (exact) mass is 207 g/mol. The highest BCUT2D eigenvalue weighted by atomic mass is 32.1. The average Bonchev–Trinajstić information content (AvgIpc) is 2.00. The zero-order valence-corrected chi connectivity index (χ0v) is 9.01. The maximum absolute atomic E-state index is 11.4. The molecule has 13 heavy (non-hydrogen) atoms. The molecule has 0 aliphatic carbocycles. The van der Waals surface area contributed by atoms with Crippen LogP contribution in [0.15, 0.2) is 0 Å². The van der Waals surface area contributed by atoms with Gasteiger partial charge >= 0.3 is 0 Å². The van der Waals surface area contributed by atoms with Gasteiger partial charge in [0, 0.05) is 5.41 Å². The first kappa shape index (κ1) is 12.9. The highest BCUT2D eigenvalue weighted by molar-refractivity contribution is 7.82. The smallest absolute Gasteiger partial charge is 0.191 e. The maximum Gasteiger partial charge on any atom is 0.191 e. The van der Waals surface area contributed by atoms with Crippen molar-refractivity contribution < 1.29 is 15.0 Å². The Kier molecular flexibility index (Phi) is 3.93. The molecule has 1 unspecified atom stereocenters. The Morgan fingerprint density at radius 1 is 1.54 bits per heavy atom. The van der Waals surface area contributed by atoms with Crippen LogP contribution in [0.25, 0.3) is 0 Å².